The summed E-state index contributed by atoms with van der Waals surface area (Å²) in [7, 11) is 0. The number of carbonyl (C=O) groups excluding carboxylic acids is 1. The van der Waals surface area contributed by atoms with Gasteiger partial charge in [-0.15, -0.1) is 0 Å². The van der Waals surface area contributed by atoms with E-state index < -0.39 is 11.7 Å². The molecule has 1 amide bonds. The molecule has 39 heavy (non-hydrogen) atoms. The summed E-state index contributed by atoms with van der Waals surface area (Å²) in [6, 6.07) is 12.8. The first kappa shape index (κ1) is 26.4. The Balaban J connectivity index is 1.32. The molecule has 1 aliphatic carbocycles. The van der Waals surface area contributed by atoms with Crippen molar-refractivity contribution in [3.63, 3.8) is 0 Å². The summed E-state index contributed by atoms with van der Waals surface area (Å²) in [5.41, 5.74) is 10.2. The van der Waals surface area contributed by atoms with Crippen LogP contribution in [0.15, 0.2) is 54.9 Å². The molecule has 1 aliphatic heterocycles. The Morgan fingerprint density at radius 1 is 1.13 bits per heavy atom. The van der Waals surface area contributed by atoms with Gasteiger partial charge in [0.05, 0.1) is 6.20 Å². The van der Waals surface area contributed by atoms with Gasteiger partial charge in [-0.2, -0.15) is 0 Å². The summed E-state index contributed by atoms with van der Waals surface area (Å²) < 4.78 is 41.7. The summed E-state index contributed by atoms with van der Waals surface area (Å²) in [6.07, 6.45) is 4.23. The molecule has 0 atom stereocenters. The smallest absolute Gasteiger partial charge is 0.248 e. The summed E-state index contributed by atoms with van der Waals surface area (Å²) >= 11 is 0. The third kappa shape index (κ3) is 5.79. The van der Waals surface area contributed by atoms with Crippen LogP contribution in [0.5, 0.6) is 0 Å². The Morgan fingerprint density at radius 2 is 1.87 bits per heavy atom. The van der Waals surface area contributed by atoms with Gasteiger partial charge in [-0.25, -0.2) is 23.1 Å². The summed E-state index contributed by atoms with van der Waals surface area (Å²) in [4.78, 5) is 23.4. The van der Waals surface area contributed by atoms with E-state index in [-0.39, 0.29) is 43.3 Å². The third-order valence-electron chi connectivity index (χ3n) is 7.41. The maximum atomic E-state index is 14.6. The van der Waals surface area contributed by atoms with Crippen molar-refractivity contribution in [3.05, 3.63) is 77.4 Å². The number of benzene rings is 2. The molecular formula is C29H29F3N6O. The maximum Gasteiger partial charge on any atom is 0.248 e. The van der Waals surface area contributed by atoms with E-state index in [1.807, 2.05) is 18.2 Å². The molecule has 2 aromatic carbocycles. The average Bonchev–Trinajstić information content (AvgIpc) is 2.95. The third-order valence-corrected chi connectivity index (χ3v) is 7.41. The number of aromatic nitrogens is 2. The van der Waals surface area contributed by atoms with Crippen LogP contribution >= 0.6 is 0 Å². The first-order valence-electron chi connectivity index (χ1n) is 12.9. The van der Waals surface area contributed by atoms with Crippen molar-refractivity contribution in [1.29, 1.82) is 5.41 Å². The van der Waals surface area contributed by atoms with E-state index in [0.717, 1.165) is 29.1 Å². The van der Waals surface area contributed by atoms with Gasteiger partial charge in [0.1, 0.15) is 0 Å². The molecule has 4 N–H and O–H groups in total. The highest BCUT2D eigenvalue weighted by atomic mass is 19.3. The number of nitrogens with zero attached hydrogens (tertiary/aromatic N) is 3. The number of hydrogen-bond donors (Lipinski definition) is 3. The first-order valence-corrected chi connectivity index (χ1v) is 12.9. The minimum atomic E-state index is -2.67. The second-order valence-corrected chi connectivity index (χ2v) is 9.98. The second kappa shape index (κ2) is 10.9. The monoisotopic (exact) mass is 534 g/mol. The van der Waals surface area contributed by atoms with E-state index >= 15 is 0 Å². The fourth-order valence-corrected chi connectivity index (χ4v) is 5.13. The topological polar surface area (TPSA) is 108 Å². The Labute approximate surface area is 224 Å². The number of hydrogen-bond acceptors (Lipinski definition) is 6. The Hall–Kier alpha value is -4.21. The van der Waals surface area contributed by atoms with Gasteiger partial charge in [0.25, 0.3) is 0 Å². The standard InChI is InChI=1S/C29H29F3N6O/c30-25-16-35-26(37-27(25)36-24-5-3-18(4-6-24)23(14-33)15-34)21-2-1-19-9-12-38(17-22(19)13-21)28(39)20-7-10-29(31,32)11-8-20/h1-6,13-16,20,33H,7-12,17,34H2,(H,35,36,37)/b23-15+,33-14?. The van der Waals surface area contributed by atoms with Gasteiger partial charge < -0.3 is 21.4 Å². The van der Waals surface area contributed by atoms with E-state index in [1.165, 1.54) is 6.20 Å². The van der Waals surface area contributed by atoms with Crippen LogP contribution in [0.25, 0.3) is 17.0 Å². The molecule has 5 rings (SSSR count). The summed E-state index contributed by atoms with van der Waals surface area (Å²) in [5.74, 6) is -3.37. The van der Waals surface area contributed by atoms with Gasteiger partial charge in [-0.3, -0.25) is 4.79 Å². The highest BCUT2D eigenvalue weighted by Crippen LogP contribution is 2.37. The number of rotatable bonds is 6. The highest BCUT2D eigenvalue weighted by molar-refractivity contribution is 6.08. The molecule has 2 heterocycles. The molecule has 2 aliphatic rings. The molecule has 1 saturated carbocycles. The molecular weight excluding hydrogens is 505 g/mol. The van der Waals surface area contributed by atoms with Crippen LogP contribution in [0.4, 0.5) is 24.7 Å². The fourth-order valence-electron chi connectivity index (χ4n) is 5.13. The Kier molecular flexibility index (Phi) is 7.36. The number of nitrogens with one attached hydrogen (secondary N) is 2. The van der Waals surface area contributed by atoms with Crippen LogP contribution in [0.2, 0.25) is 0 Å². The van der Waals surface area contributed by atoms with E-state index in [1.54, 1.807) is 29.2 Å². The molecule has 202 valence electrons. The van der Waals surface area contributed by atoms with Crippen molar-refractivity contribution >= 4 is 29.2 Å². The van der Waals surface area contributed by atoms with Gasteiger partial charge in [-0.05, 0) is 54.2 Å². The van der Waals surface area contributed by atoms with Crippen molar-refractivity contribution in [2.75, 3.05) is 11.9 Å². The zero-order chi connectivity index (χ0) is 27.6. The number of fused-ring (bicyclic) bond motifs is 1. The Morgan fingerprint density at radius 3 is 2.56 bits per heavy atom. The molecule has 10 heteroatoms. The van der Waals surface area contributed by atoms with Crippen molar-refractivity contribution in [2.45, 2.75) is 44.6 Å². The quantitative estimate of drug-likeness (QED) is 0.353. The molecule has 1 aromatic heterocycles. The second-order valence-electron chi connectivity index (χ2n) is 9.98. The van der Waals surface area contributed by atoms with Crippen molar-refractivity contribution in [1.82, 2.24) is 14.9 Å². The lowest BCUT2D eigenvalue weighted by Gasteiger charge is -2.34. The molecule has 0 bridgehead atoms. The lowest BCUT2D eigenvalue weighted by atomic mass is 9.85. The average molecular weight is 535 g/mol. The molecule has 3 aromatic rings. The van der Waals surface area contributed by atoms with Crippen LogP contribution in [0.3, 0.4) is 0 Å². The SMILES string of the molecule is N=C/C(=C\N)c1ccc(Nc2nc(-c3ccc4c(c3)CN(C(=O)C3CCC(F)(F)CC3)CC4)ncc2F)cc1. The summed E-state index contributed by atoms with van der Waals surface area (Å²) in [6.45, 7) is 0.947. The number of nitrogens with two attached hydrogens (primary N) is 1. The highest BCUT2D eigenvalue weighted by Gasteiger charge is 2.39. The lowest BCUT2D eigenvalue weighted by Crippen LogP contribution is -2.42. The van der Waals surface area contributed by atoms with E-state index in [4.69, 9.17) is 11.1 Å². The van der Waals surface area contributed by atoms with Crippen molar-refractivity contribution in [3.8, 4) is 11.4 Å². The van der Waals surface area contributed by atoms with Crippen LogP contribution in [-0.2, 0) is 17.8 Å². The number of anilines is 2. The number of alkyl halides is 2. The lowest BCUT2D eigenvalue weighted by molar-refractivity contribution is -0.140. The van der Waals surface area contributed by atoms with Gasteiger partial charge in [0.2, 0.25) is 11.8 Å². The number of halogens is 3. The van der Waals surface area contributed by atoms with Crippen molar-refractivity contribution < 1.29 is 18.0 Å². The normalized spacial score (nSPS) is 17.4. The number of amides is 1. The predicted octanol–water partition coefficient (Wildman–Crippen LogP) is 5.69. The zero-order valence-corrected chi connectivity index (χ0v) is 21.3. The van der Waals surface area contributed by atoms with Gasteiger partial charge in [0.15, 0.2) is 17.5 Å². The summed E-state index contributed by atoms with van der Waals surface area (Å²) in [5, 5.41) is 10.4. The molecule has 0 spiro atoms. The van der Waals surface area contributed by atoms with Crippen LogP contribution in [-0.4, -0.2) is 39.5 Å². The maximum absolute atomic E-state index is 14.6. The van der Waals surface area contributed by atoms with Gasteiger partial charge in [0, 0.05) is 61.1 Å². The van der Waals surface area contributed by atoms with Crippen LogP contribution < -0.4 is 11.1 Å². The zero-order valence-electron chi connectivity index (χ0n) is 21.3. The molecule has 1 fully saturated rings. The van der Waals surface area contributed by atoms with E-state index in [2.05, 4.69) is 15.3 Å². The van der Waals surface area contributed by atoms with Gasteiger partial charge in [-0.1, -0.05) is 24.3 Å². The fraction of sp³-hybridized carbons (Fsp3) is 0.310. The van der Waals surface area contributed by atoms with Crippen LogP contribution in [0.1, 0.15) is 42.4 Å². The largest absolute Gasteiger partial charge is 0.404 e. The number of carbonyl (C=O) groups is 1. The van der Waals surface area contributed by atoms with Crippen molar-refractivity contribution in [2.24, 2.45) is 11.7 Å². The first-order chi connectivity index (χ1) is 18.8. The van der Waals surface area contributed by atoms with E-state index in [9.17, 15) is 18.0 Å². The minimum absolute atomic E-state index is 0.0121. The molecule has 0 unspecified atom stereocenters. The van der Waals surface area contributed by atoms with Gasteiger partial charge >= 0.3 is 0 Å². The van der Waals surface area contributed by atoms with Crippen LogP contribution in [0, 0.1) is 17.1 Å². The minimum Gasteiger partial charge on any atom is -0.404 e. The molecule has 0 radical (unpaired) electrons. The molecule has 0 saturated heterocycles. The van der Waals surface area contributed by atoms with E-state index in [0.29, 0.717) is 42.2 Å². The Bertz CT molecular complexity index is 1410. The predicted molar refractivity (Wildman–Crippen MR) is 144 cm³/mol. The molecule has 7 nitrogen and oxygen atoms in total. The number of allylic oxidation sites excluding steroid dienone is 1.